The summed E-state index contributed by atoms with van der Waals surface area (Å²) in [6, 6.07) is 2.80. The zero-order valence-electron chi connectivity index (χ0n) is 8.43. The van der Waals surface area contributed by atoms with Gasteiger partial charge in [0.15, 0.2) is 0 Å². The molecule has 0 radical (unpaired) electrons. The molecule has 0 unspecified atom stereocenters. The molecule has 74 valence electrons. The van der Waals surface area contributed by atoms with Crippen molar-refractivity contribution in [3.05, 3.63) is 29.3 Å². The number of aliphatic hydroxyl groups is 1. The predicted molar refractivity (Wildman–Crippen MR) is 52.1 cm³/mol. The van der Waals surface area contributed by atoms with Gasteiger partial charge in [0.2, 0.25) is 0 Å². The van der Waals surface area contributed by atoms with Gasteiger partial charge in [0.05, 0.1) is 5.69 Å². The molecule has 1 aromatic rings. The minimum Gasteiger partial charge on any atom is -0.378 e. The van der Waals surface area contributed by atoms with Crippen LogP contribution in [-0.2, 0) is 0 Å². The van der Waals surface area contributed by atoms with Crippen LogP contribution in [0.2, 0.25) is 0 Å². The van der Waals surface area contributed by atoms with Gasteiger partial charge in [0, 0.05) is 0 Å². The molecule has 0 bridgehead atoms. The van der Waals surface area contributed by atoms with Crippen molar-refractivity contribution in [1.29, 1.82) is 0 Å². The van der Waals surface area contributed by atoms with Gasteiger partial charge < -0.3 is 5.11 Å². The fourth-order valence-electron chi connectivity index (χ4n) is 0.831. The summed E-state index contributed by atoms with van der Waals surface area (Å²) in [5, 5.41) is 9.33. The first-order valence-electron chi connectivity index (χ1n) is 4.27. The largest absolute Gasteiger partial charge is 0.378 e. The Morgan fingerprint density at radius 3 is 2.57 bits per heavy atom. The molecule has 0 saturated carbocycles. The van der Waals surface area contributed by atoms with Crippen LogP contribution in [0, 0.1) is 24.6 Å². The van der Waals surface area contributed by atoms with Gasteiger partial charge in [-0.1, -0.05) is 5.92 Å². The quantitative estimate of drug-likeness (QED) is 0.635. The van der Waals surface area contributed by atoms with E-state index in [9.17, 15) is 9.50 Å². The van der Waals surface area contributed by atoms with Crippen molar-refractivity contribution >= 4 is 0 Å². The molecule has 1 rings (SSSR count). The maximum absolute atomic E-state index is 12.8. The van der Waals surface area contributed by atoms with E-state index in [4.69, 9.17) is 0 Å². The number of aryl methyl sites for hydroxylation is 1. The lowest BCUT2D eigenvalue weighted by Crippen LogP contribution is -2.14. The standard InChI is InChI=1S/C11H12FNO/c1-8-10(12)5-4-9(13-8)6-7-11(2,3)14/h4-5,14H,1-3H3. The molecule has 0 aliphatic heterocycles. The van der Waals surface area contributed by atoms with Crippen molar-refractivity contribution in [1.82, 2.24) is 4.98 Å². The second-order valence-corrected chi connectivity index (χ2v) is 3.57. The molecule has 1 aromatic heterocycles. The van der Waals surface area contributed by atoms with Crippen molar-refractivity contribution in [2.45, 2.75) is 26.4 Å². The van der Waals surface area contributed by atoms with Crippen molar-refractivity contribution < 1.29 is 9.50 Å². The Kier molecular flexibility index (Phi) is 2.87. The van der Waals surface area contributed by atoms with E-state index >= 15 is 0 Å². The van der Waals surface area contributed by atoms with Crippen LogP contribution in [0.3, 0.4) is 0 Å². The molecule has 1 N–H and O–H groups in total. The van der Waals surface area contributed by atoms with Gasteiger partial charge in [-0.2, -0.15) is 0 Å². The molecule has 0 atom stereocenters. The number of nitrogens with zero attached hydrogens (tertiary/aromatic N) is 1. The minimum absolute atomic E-state index is 0.313. The summed E-state index contributed by atoms with van der Waals surface area (Å²) < 4.78 is 12.8. The van der Waals surface area contributed by atoms with E-state index in [1.165, 1.54) is 12.1 Å². The second kappa shape index (κ2) is 3.77. The molecule has 3 heteroatoms. The lowest BCUT2D eigenvalue weighted by molar-refractivity contribution is 0.143. The Morgan fingerprint density at radius 1 is 1.43 bits per heavy atom. The van der Waals surface area contributed by atoms with E-state index in [2.05, 4.69) is 16.8 Å². The molecule has 14 heavy (non-hydrogen) atoms. The third kappa shape index (κ3) is 3.15. The maximum Gasteiger partial charge on any atom is 0.144 e. The monoisotopic (exact) mass is 193 g/mol. The van der Waals surface area contributed by atoms with Crippen LogP contribution in [0.15, 0.2) is 12.1 Å². The predicted octanol–water partition coefficient (Wildman–Crippen LogP) is 1.65. The highest BCUT2D eigenvalue weighted by Gasteiger charge is 2.06. The highest BCUT2D eigenvalue weighted by Crippen LogP contribution is 2.04. The van der Waals surface area contributed by atoms with E-state index in [1.807, 2.05) is 0 Å². The van der Waals surface area contributed by atoms with Crippen molar-refractivity contribution in [3.63, 3.8) is 0 Å². The Balaban J connectivity index is 2.98. The van der Waals surface area contributed by atoms with Gasteiger partial charge >= 0.3 is 0 Å². The topological polar surface area (TPSA) is 33.1 Å². The molecule has 0 saturated heterocycles. The van der Waals surface area contributed by atoms with Crippen LogP contribution < -0.4 is 0 Å². The highest BCUT2D eigenvalue weighted by atomic mass is 19.1. The molecule has 1 heterocycles. The van der Waals surface area contributed by atoms with Crippen molar-refractivity contribution in [2.24, 2.45) is 0 Å². The van der Waals surface area contributed by atoms with Crippen molar-refractivity contribution in [3.8, 4) is 11.8 Å². The summed E-state index contributed by atoms with van der Waals surface area (Å²) in [5.41, 5.74) is -0.275. The third-order valence-electron chi connectivity index (χ3n) is 1.52. The van der Waals surface area contributed by atoms with E-state index in [0.717, 1.165) is 0 Å². The molecule has 0 spiro atoms. The number of hydrogen-bond acceptors (Lipinski definition) is 2. The lowest BCUT2D eigenvalue weighted by Gasteiger charge is -2.05. The van der Waals surface area contributed by atoms with E-state index < -0.39 is 5.60 Å². The van der Waals surface area contributed by atoms with E-state index in [-0.39, 0.29) is 5.82 Å². The van der Waals surface area contributed by atoms with Gasteiger partial charge in [-0.15, -0.1) is 0 Å². The summed E-state index contributed by atoms with van der Waals surface area (Å²) in [6.45, 7) is 4.73. The molecule has 0 aliphatic rings. The van der Waals surface area contributed by atoms with Gasteiger partial charge in [0.25, 0.3) is 0 Å². The zero-order chi connectivity index (χ0) is 10.8. The van der Waals surface area contributed by atoms with E-state index in [1.54, 1.807) is 20.8 Å². The molecule has 0 amide bonds. The SMILES string of the molecule is Cc1nc(C#CC(C)(C)O)ccc1F. The first-order chi connectivity index (χ1) is 6.38. The molecule has 0 fully saturated rings. The Labute approximate surface area is 82.8 Å². The average Bonchev–Trinajstić information content (AvgIpc) is 2.06. The molecule has 2 nitrogen and oxygen atoms in total. The third-order valence-corrected chi connectivity index (χ3v) is 1.52. The summed E-state index contributed by atoms with van der Waals surface area (Å²) in [5.74, 6) is 4.93. The van der Waals surface area contributed by atoms with Gasteiger partial charge in [-0.05, 0) is 38.8 Å². The van der Waals surface area contributed by atoms with Crippen molar-refractivity contribution in [2.75, 3.05) is 0 Å². The summed E-state index contributed by atoms with van der Waals surface area (Å²) in [6.07, 6.45) is 0. The number of hydrogen-bond donors (Lipinski definition) is 1. The second-order valence-electron chi connectivity index (χ2n) is 3.57. The summed E-state index contributed by atoms with van der Waals surface area (Å²) in [4.78, 5) is 3.92. The summed E-state index contributed by atoms with van der Waals surface area (Å²) in [7, 11) is 0. The van der Waals surface area contributed by atoms with Gasteiger partial charge in [-0.25, -0.2) is 9.37 Å². The lowest BCUT2D eigenvalue weighted by atomic mass is 10.1. The van der Waals surface area contributed by atoms with Gasteiger partial charge in [0.1, 0.15) is 17.1 Å². The fraction of sp³-hybridized carbons (Fsp3) is 0.364. The van der Waals surface area contributed by atoms with Crippen LogP contribution in [0.1, 0.15) is 25.2 Å². The Bertz CT molecular complexity index is 396. The number of rotatable bonds is 0. The molecular weight excluding hydrogens is 181 g/mol. The highest BCUT2D eigenvalue weighted by molar-refractivity contribution is 5.31. The van der Waals surface area contributed by atoms with Crippen LogP contribution in [0.25, 0.3) is 0 Å². The van der Waals surface area contributed by atoms with E-state index in [0.29, 0.717) is 11.4 Å². The molecule has 0 aromatic carbocycles. The number of aromatic nitrogens is 1. The molecule has 0 aliphatic carbocycles. The van der Waals surface area contributed by atoms with Gasteiger partial charge in [-0.3, -0.25) is 0 Å². The van der Waals surface area contributed by atoms with Crippen LogP contribution in [0.5, 0.6) is 0 Å². The molecular formula is C11H12FNO. The zero-order valence-corrected chi connectivity index (χ0v) is 8.43. The van der Waals surface area contributed by atoms with Crippen LogP contribution >= 0.6 is 0 Å². The smallest absolute Gasteiger partial charge is 0.144 e. The normalized spacial score (nSPS) is 10.6. The first-order valence-corrected chi connectivity index (χ1v) is 4.27. The Morgan fingerprint density at radius 2 is 2.07 bits per heavy atom. The minimum atomic E-state index is -1.05. The summed E-state index contributed by atoms with van der Waals surface area (Å²) >= 11 is 0. The number of halogens is 1. The Hall–Kier alpha value is -1.40. The van der Waals surface area contributed by atoms with Crippen LogP contribution in [0.4, 0.5) is 4.39 Å². The van der Waals surface area contributed by atoms with Crippen LogP contribution in [-0.4, -0.2) is 15.7 Å². The number of pyridine rings is 1. The first kappa shape index (κ1) is 10.7. The fourth-order valence-corrected chi connectivity index (χ4v) is 0.831. The average molecular weight is 193 g/mol. The maximum atomic E-state index is 12.8.